The van der Waals surface area contributed by atoms with Crippen LogP contribution in [0.3, 0.4) is 0 Å². The van der Waals surface area contributed by atoms with Gasteiger partial charge in [-0.3, -0.25) is 0 Å². The van der Waals surface area contributed by atoms with Gasteiger partial charge in [0, 0.05) is 18.2 Å². The van der Waals surface area contributed by atoms with Gasteiger partial charge in [-0.2, -0.15) is 4.98 Å². The van der Waals surface area contributed by atoms with Crippen molar-refractivity contribution in [3.05, 3.63) is 36.2 Å². The second-order valence-corrected chi connectivity index (χ2v) is 6.56. The van der Waals surface area contributed by atoms with E-state index >= 15 is 0 Å². The van der Waals surface area contributed by atoms with E-state index in [1.54, 1.807) is 0 Å². The lowest BCUT2D eigenvalue weighted by atomic mass is 9.87. The van der Waals surface area contributed by atoms with E-state index in [9.17, 15) is 4.79 Å². The molecule has 1 atom stereocenters. The maximum Gasteiger partial charge on any atom is 0.315 e. The van der Waals surface area contributed by atoms with Gasteiger partial charge in [-0.05, 0) is 50.7 Å². The number of carbonyl (C=O) groups excluding carboxylic acids is 1. The van der Waals surface area contributed by atoms with Gasteiger partial charge in [0.25, 0.3) is 5.89 Å². The fourth-order valence-electron chi connectivity index (χ4n) is 3.09. The van der Waals surface area contributed by atoms with Crippen molar-refractivity contribution < 1.29 is 14.4 Å². The number of hydrogen-bond donors (Lipinski definition) is 3. The molecule has 7 nitrogen and oxygen atoms in total. The Kier molecular flexibility index (Phi) is 5.65. The summed E-state index contributed by atoms with van der Waals surface area (Å²) in [6, 6.07) is 9.08. The van der Waals surface area contributed by atoms with E-state index in [0.29, 0.717) is 17.6 Å². The Morgan fingerprint density at radius 1 is 1.28 bits per heavy atom. The summed E-state index contributed by atoms with van der Waals surface area (Å²) >= 11 is 0. The third-order valence-electron chi connectivity index (χ3n) is 4.64. The van der Waals surface area contributed by atoms with Crippen LogP contribution in [0.5, 0.6) is 0 Å². The molecule has 1 aliphatic rings. The zero-order valence-electron chi connectivity index (χ0n) is 14.3. The summed E-state index contributed by atoms with van der Waals surface area (Å²) in [5, 5.41) is 19.0. The van der Waals surface area contributed by atoms with Gasteiger partial charge in [0.1, 0.15) is 0 Å². The van der Waals surface area contributed by atoms with Crippen molar-refractivity contribution in [1.82, 2.24) is 20.8 Å². The van der Waals surface area contributed by atoms with Crippen LogP contribution < -0.4 is 10.6 Å². The van der Waals surface area contributed by atoms with Crippen molar-refractivity contribution in [2.75, 3.05) is 6.61 Å². The van der Waals surface area contributed by atoms with Gasteiger partial charge >= 0.3 is 6.03 Å². The van der Waals surface area contributed by atoms with Crippen molar-refractivity contribution in [3.8, 4) is 11.5 Å². The highest BCUT2D eigenvalue weighted by molar-refractivity contribution is 5.74. The first-order valence-electron chi connectivity index (χ1n) is 8.72. The average Bonchev–Trinajstić information content (AvgIpc) is 3.13. The van der Waals surface area contributed by atoms with E-state index in [0.717, 1.165) is 31.2 Å². The van der Waals surface area contributed by atoms with Gasteiger partial charge in [0.2, 0.25) is 0 Å². The lowest BCUT2D eigenvalue weighted by molar-refractivity contribution is 0.174. The first-order valence-corrected chi connectivity index (χ1v) is 8.72. The molecule has 2 aromatic rings. The monoisotopic (exact) mass is 344 g/mol. The van der Waals surface area contributed by atoms with Crippen molar-refractivity contribution in [1.29, 1.82) is 0 Å². The standard InChI is InChI=1S/C18H24N4O3/c1-12(16-21-17(25-22-16)14-5-3-2-4-6-14)19-18(24)20-15-9-7-13(11-23)8-10-15/h2-6,12-13,15,23H,7-11H2,1H3,(H2,19,20,24). The zero-order valence-corrected chi connectivity index (χ0v) is 14.3. The number of rotatable bonds is 5. The molecule has 0 spiro atoms. The van der Waals surface area contributed by atoms with Crippen LogP contribution in [0.2, 0.25) is 0 Å². The van der Waals surface area contributed by atoms with Gasteiger partial charge in [-0.15, -0.1) is 0 Å². The number of aromatic nitrogens is 2. The van der Waals surface area contributed by atoms with Crippen molar-refractivity contribution in [3.63, 3.8) is 0 Å². The molecule has 1 aliphatic carbocycles. The number of nitrogens with one attached hydrogen (secondary N) is 2. The molecule has 0 bridgehead atoms. The summed E-state index contributed by atoms with van der Waals surface area (Å²) in [5.41, 5.74) is 0.846. The number of hydrogen-bond acceptors (Lipinski definition) is 5. The van der Waals surface area contributed by atoms with E-state index in [1.165, 1.54) is 0 Å². The van der Waals surface area contributed by atoms with E-state index < -0.39 is 0 Å². The van der Waals surface area contributed by atoms with E-state index in [1.807, 2.05) is 37.3 Å². The third-order valence-corrected chi connectivity index (χ3v) is 4.64. The molecule has 0 aliphatic heterocycles. The third kappa shape index (κ3) is 4.57. The molecule has 2 amide bonds. The predicted molar refractivity (Wildman–Crippen MR) is 92.6 cm³/mol. The molecule has 25 heavy (non-hydrogen) atoms. The number of nitrogens with zero attached hydrogens (tertiary/aromatic N) is 2. The van der Waals surface area contributed by atoms with Crippen LogP contribution in [0.25, 0.3) is 11.5 Å². The van der Waals surface area contributed by atoms with Gasteiger partial charge in [-0.1, -0.05) is 23.4 Å². The number of carbonyl (C=O) groups is 1. The Bertz CT molecular complexity index is 681. The lowest BCUT2D eigenvalue weighted by Gasteiger charge is -2.28. The summed E-state index contributed by atoms with van der Waals surface area (Å²) in [6.07, 6.45) is 3.69. The largest absolute Gasteiger partial charge is 0.396 e. The highest BCUT2D eigenvalue weighted by atomic mass is 16.5. The van der Waals surface area contributed by atoms with Gasteiger partial charge in [-0.25, -0.2) is 4.79 Å². The van der Waals surface area contributed by atoms with Crippen LogP contribution in [0.4, 0.5) is 4.79 Å². The minimum Gasteiger partial charge on any atom is -0.396 e. The zero-order chi connectivity index (χ0) is 17.6. The van der Waals surface area contributed by atoms with Crippen LogP contribution >= 0.6 is 0 Å². The van der Waals surface area contributed by atoms with Crippen LogP contribution in [0, 0.1) is 5.92 Å². The van der Waals surface area contributed by atoms with E-state index in [-0.39, 0.29) is 24.7 Å². The Morgan fingerprint density at radius 2 is 2.00 bits per heavy atom. The fraction of sp³-hybridized carbons (Fsp3) is 0.500. The number of aliphatic hydroxyl groups excluding tert-OH is 1. The number of urea groups is 1. The minimum atomic E-state index is -0.352. The van der Waals surface area contributed by atoms with E-state index in [4.69, 9.17) is 9.63 Å². The molecular weight excluding hydrogens is 320 g/mol. The summed E-state index contributed by atoms with van der Waals surface area (Å²) < 4.78 is 5.27. The summed E-state index contributed by atoms with van der Waals surface area (Å²) in [7, 11) is 0. The molecule has 1 aromatic heterocycles. The number of benzene rings is 1. The molecule has 1 saturated carbocycles. The molecule has 7 heteroatoms. The topological polar surface area (TPSA) is 100 Å². The lowest BCUT2D eigenvalue weighted by Crippen LogP contribution is -2.44. The smallest absolute Gasteiger partial charge is 0.315 e. The molecule has 1 fully saturated rings. The Balaban J connectivity index is 1.51. The summed E-state index contributed by atoms with van der Waals surface area (Å²) in [4.78, 5) is 16.5. The maximum atomic E-state index is 12.2. The van der Waals surface area contributed by atoms with Crippen LogP contribution in [-0.2, 0) is 0 Å². The van der Waals surface area contributed by atoms with Crippen molar-refractivity contribution in [2.45, 2.75) is 44.7 Å². The molecule has 3 N–H and O–H groups in total. The van der Waals surface area contributed by atoms with Crippen LogP contribution in [0.15, 0.2) is 34.9 Å². The normalized spacial score (nSPS) is 21.5. The highest BCUT2D eigenvalue weighted by Gasteiger charge is 2.23. The minimum absolute atomic E-state index is 0.153. The summed E-state index contributed by atoms with van der Waals surface area (Å²) in [6.45, 7) is 2.05. The second kappa shape index (κ2) is 8.11. The first kappa shape index (κ1) is 17.4. The van der Waals surface area contributed by atoms with Crippen LogP contribution in [0.1, 0.15) is 44.5 Å². The fourth-order valence-corrected chi connectivity index (χ4v) is 3.09. The summed E-state index contributed by atoms with van der Waals surface area (Å²) in [5.74, 6) is 1.25. The van der Waals surface area contributed by atoms with Gasteiger partial charge in [0.15, 0.2) is 5.82 Å². The molecule has 134 valence electrons. The van der Waals surface area contributed by atoms with Crippen molar-refractivity contribution in [2.24, 2.45) is 5.92 Å². The molecule has 1 unspecified atom stereocenters. The Hall–Kier alpha value is -2.41. The number of aliphatic hydroxyl groups is 1. The average molecular weight is 344 g/mol. The molecule has 1 heterocycles. The van der Waals surface area contributed by atoms with Crippen molar-refractivity contribution >= 4 is 6.03 Å². The Morgan fingerprint density at radius 3 is 2.68 bits per heavy atom. The quantitative estimate of drug-likeness (QED) is 0.774. The SMILES string of the molecule is CC(NC(=O)NC1CCC(CO)CC1)c1noc(-c2ccccc2)n1. The molecule has 3 rings (SSSR count). The second-order valence-electron chi connectivity index (χ2n) is 6.56. The molecule has 1 aromatic carbocycles. The highest BCUT2D eigenvalue weighted by Crippen LogP contribution is 2.24. The Labute approximate surface area is 146 Å². The molecule has 0 saturated heterocycles. The molecule has 0 radical (unpaired) electrons. The first-order chi connectivity index (χ1) is 12.2. The van der Waals surface area contributed by atoms with Gasteiger partial charge < -0.3 is 20.3 Å². The van der Waals surface area contributed by atoms with Crippen LogP contribution in [-0.4, -0.2) is 33.9 Å². The number of amides is 2. The maximum absolute atomic E-state index is 12.2. The van der Waals surface area contributed by atoms with E-state index in [2.05, 4.69) is 20.8 Å². The molecular formula is C18H24N4O3. The van der Waals surface area contributed by atoms with Gasteiger partial charge in [0.05, 0.1) is 6.04 Å². The predicted octanol–water partition coefficient (Wildman–Crippen LogP) is 2.65.